The van der Waals surface area contributed by atoms with E-state index in [9.17, 15) is 22.8 Å². The van der Waals surface area contributed by atoms with Gasteiger partial charge in [-0.15, -0.1) is 0 Å². The summed E-state index contributed by atoms with van der Waals surface area (Å²) in [4.78, 5) is 36.2. The smallest absolute Gasteiger partial charge is 0.362 e. The van der Waals surface area contributed by atoms with Gasteiger partial charge in [0.2, 0.25) is 5.69 Å². The predicted molar refractivity (Wildman–Crippen MR) is 115 cm³/mol. The topological polar surface area (TPSA) is 122 Å². The molecule has 0 amide bonds. The van der Waals surface area contributed by atoms with Crippen molar-refractivity contribution in [2.24, 2.45) is 0 Å². The minimum Gasteiger partial charge on any atom is -0.461 e. The molecule has 0 saturated carbocycles. The van der Waals surface area contributed by atoms with E-state index in [1.165, 1.54) is 31.2 Å². The van der Waals surface area contributed by atoms with Gasteiger partial charge < -0.3 is 8.92 Å². The second kappa shape index (κ2) is 9.15. The molecule has 166 valence electrons. The molecule has 0 unspecified atom stereocenters. The van der Waals surface area contributed by atoms with Gasteiger partial charge in [-0.05, 0) is 45.0 Å². The third kappa shape index (κ3) is 4.92. The third-order valence-corrected chi connectivity index (χ3v) is 5.64. The number of aromatic nitrogens is 2. The van der Waals surface area contributed by atoms with Crippen molar-refractivity contribution >= 4 is 21.9 Å². The highest BCUT2D eigenvalue weighted by Crippen LogP contribution is 2.22. The summed E-state index contributed by atoms with van der Waals surface area (Å²) in [6.45, 7) is 4.79. The number of benzene rings is 2. The van der Waals surface area contributed by atoms with Gasteiger partial charge in [-0.1, -0.05) is 29.8 Å². The number of Topliss-reactive ketones (excluding diaryl/α,β-unsaturated/α-hetero) is 1. The van der Waals surface area contributed by atoms with Gasteiger partial charge in [-0.3, -0.25) is 9.59 Å². The van der Waals surface area contributed by atoms with Crippen LogP contribution in [0.1, 0.15) is 40.3 Å². The summed E-state index contributed by atoms with van der Waals surface area (Å²) in [6.07, 6.45) is 0. The molecule has 0 spiro atoms. The van der Waals surface area contributed by atoms with Gasteiger partial charge in [0, 0.05) is 5.56 Å². The lowest BCUT2D eigenvalue weighted by Gasteiger charge is -2.13. The molecule has 0 aliphatic carbocycles. The Labute approximate surface area is 184 Å². The highest BCUT2D eigenvalue weighted by molar-refractivity contribution is 7.87. The maximum atomic E-state index is 12.7. The van der Waals surface area contributed by atoms with Gasteiger partial charge in [-0.25, -0.2) is 4.79 Å². The van der Waals surface area contributed by atoms with E-state index < -0.39 is 33.1 Å². The number of rotatable bonds is 7. The highest BCUT2D eigenvalue weighted by atomic mass is 32.2. The first-order valence-corrected chi connectivity index (χ1v) is 11.0. The minimum absolute atomic E-state index is 0.00285. The molecule has 0 saturated heterocycles. The van der Waals surface area contributed by atoms with Crippen LogP contribution in [0.25, 0.3) is 5.69 Å². The quantitative estimate of drug-likeness (QED) is 0.302. The Morgan fingerprint density at radius 3 is 2.22 bits per heavy atom. The number of nitrogens with zero attached hydrogens (tertiary/aromatic N) is 2. The molecule has 0 fully saturated rings. The molecule has 0 aliphatic heterocycles. The first-order valence-electron chi connectivity index (χ1n) is 9.56. The van der Waals surface area contributed by atoms with Gasteiger partial charge in [0.25, 0.3) is 5.56 Å². The molecule has 10 heteroatoms. The summed E-state index contributed by atoms with van der Waals surface area (Å²) in [7, 11) is -4.43. The monoisotopic (exact) mass is 456 g/mol. The van der Waals surface area contributed by atoms with Crippen LogP contribution >= 0.6 is 0 Å². The lowest BCUT2D eigenvalue weighted by molar-refractivity contribution is 0.0514. The van der Waals surface area contributed by atoms with Crippen LogP contribution in [0, 0.1) is 6.92 Å². The summed E-state index contributed by atoms with van der Waals surface area (Å²) in [5.74, 6) is -1.75. The van der Waals surface area contributed by atoms with E-state index in [2.05, 4.69) is 5.10 Å². The Bertz CT molecular complexity index is 1330. The average molecular weight is 456 g/mol. The fourth-order valence-electron chi connectivity index (χ4n) is 2.74. The molecule has 32 heavy (non-hydrogen) atoms. The Hall–Kier alpha value is -3.79. The normalized spacial score (nSPS) is 11.1. The van der Waals surface area contributed by atoms with Crippen LogP contribution in [0.3, 0.4) is 0 Å². The van der Waals surface area contributed by atoms with Gasteiger partial charge in [0.05, 0.1) is 18.4 Å². The van der Waals surface area contributed by atoms with Crippen LogP contribution in [-0.2, 0) is 14.9 Å². The van der Waals surface area contributed by atoms with Crippen molar-refractivity contribution in [2.75, 3.05) is 6.61 Å². The maximum Gasteiger partial charge on any atom is 0.362 e. The van der Waals surface area contributed by atoms with Crippen molar-refractivity contribution in [3.05, 3.63) is 81.8 Å². The zero-order valence-electron chi connectivity index (χ0n) is 17.6. The Kier molecular flexibility index (Phi) is 6.54. The van der Waals surface area contributed by atoms with Crippen LogP contribution in [0.5, 0.6) is 5.75 Å². The number of hydrogen-bond donors (Lipinski definition) is 0. The zero-order valence-corrected chi connectivity index (χ0v) is 18.4. The number of ether oxygens (including phenoxy) is 1. The van der Waals surface area contributed by atoms with Crippen molar-refractivity contribution in [2.45, 2.75) is 25.7 Å². The van der Waals surface area contributed by atoms with Crippen molar-refractivity contribution in [1.29, 1.82) is 0 Å². The molecule has 0 aliphatic rings. The molecule has 1 heterocycles. The summed E-state index contributed by atoms with van der Waals surface area (Å²) in [6, 6.07) is 12.7. The van der Waals surface area contributed by atoms with Gasteiger partial charge in [-0.2, -0.15) is 18.2 Å². The van der Waals surface area contributed by atoms with Gasteiger partial charge in [0.15, 0.2) is 11.5 Å². The Morgan fingerprint density at radius 1 is 1.03 bits per heavy atom. The van der Waals surface area contributed by atoms with E-state index >= 15 is 0 Å². The van der Waals surface area contributed by atoms with Crippen molar-refractivity contribution in [3.63, 3.8) is 0 Å². The summed E-state index contributed by atoms with van der Waals surface area (Å²) in [5.41, 5.74) is 0.461. The predicted octanol–water partition coefficient (Wildman–Crippen LogP) is 2.69. The van der Waals surface area contributed by atoms with Crippen molar-refractivity contribution < 1.29 is 26.9 Å². The summed E-state index contributed by atoms with van der Waals surface area (Å²) >= 11 is 0. The van der Waals surface area contributed by atoms with Crippen LogP contribution in [0.15, 0.2) is 64.3 Å². The van der Waals surface area contributed by atoms with Crippen LogP contribution < -0.4 is 9.74 Å². The second-order valence-electron chi connectivity index (χ2n) is 6.78. The molecule has 3 rings (SSSR count). The van der Waals surface area contributed by atoms with Gasteiger partial charge in [0.1, 0.15) is 4.90 Å². The molecule has 0 atom stereocenters. The molecule has 0 N–H and O–H groups in total. The molecular weight excluding hydrogens is 436 g/mol. The maximum absolute atomic E-state index is 12.7. The lowest BCUT2D eigenvalue weighted by atomic mass is 10.2. The first kappa shape index (κ1) is 22.9. The molecule has 3 aromatic rings. The number of esters is 1. The van der Waals surface area contributed by atoms with Crippen LogP contribution in [0.2, 0.25) is 0 Å². The molecule has 9 nitrogen and oxygen atoms in total. The SMILES string of the molecule is CCOC(=O)c1nn(-c2ccc(C)cc2)c(=O)cc1OS(=O)(=O)c1ccc(C(C)=O)cc1. The van der Waals surface area contributed by atoms with E-state index in [-0.39, 0.29) is 17.3 Å². The molecule has 0 bridgehead atoms. The average Bonchev–Trinajstić information content (AvgIpc) is 2.74. The van der Waals surface area contributed by atoms with E-state index in [4.69, 9.17) is 8.92 Å². The summed E-state index contributed by atoms with van der Waals surface area (Å²) < 4.78 is 36.4. The number of carbonyl (C=O) groups excluding carboxylic acids is 2. The van der Waals surface area contributed by atoms with E-state index in [0.717, 1.165) is 16.3 Å². The summed E-state index contributed by atoms with van der Waals surface area (Å²) in [5, 5.41) is 4.00. The third-order valence-electron chi connectivity index (χ3n) is 4.39. The Morgan fingerprint density at radius 2 is 1.66 bits per heavy atom. The van der Waals surface area contributed by atoms with Crippen molar-refractivity contribution in [1.82, 2.24) is 9.78 Å². The minimum atomic E-state index is -4.43. The fraction of sp³-hybridized carbons (Fsp3) is 0.182. The molecule has 0 radical (unpaired) electrons. The Balaban J connectivity index is 2.07. The largest absolute Gasteiger partial charge is 0.461 e. The number of hydrogen-bond acceptors (Lipinski definition) is 8. The van der Waals surface area contributed by atoms with E-state index in [0.29, 0.717) is 11.3 Å². The first-order chi connectivity index (χ1) is 15.1. The molecular formula is C22H20N2O7S. The molecule has 2 aromatic carbocycles. The highest BCUT2D eigenvalue weighted by Gasteiger charge is 2.25. The molecule has 1 aromatic heterocycles. The van der Waals surface area contributed by atoms with Gasteiger partial charge >= 0.3 is 16.1 Å². The second-order valence-corrected chi connectivity index (χ2v) is 8.33. The van der Waals surface area contributed by atoms with Crippen LogP contribution in [-0.4, -0.2) is 36.6 Å². The lowest BCUT2D eigenvalue weighted by Crippen LogP contribution is -2.26. The van der Waals surface area contributed by atoms with Crippen molar-refractivity contribution in [3.8, 4) is 11.4 Å². The fourth-order valence-corrected chi connectivity index (χ4v) is 3.67. The standard InChI is InChI=1S/C22H20N2O7S/c1-4-30-22(27)21-19(13-20(26)24(23-21)17-9-5-14(2)6-10-17)31-32(28,29)18-11-7-16(8-12-18)15(3)25/h5-13H,4H2,1-3H3. The van der Waals surface area contributed by atoms with E-state index in [1.807, 2.05) is 6.92 Å². The number of ketones is 1. The van der Waals surface area contributed by atoms with E-state index in [1.54, 1.807) is 31.2 Å². The number of carbonyl (C=O) groups is 2. The zero-order chi connectivity index (χ0) is 23.5. The van der Waals surface area contributed by atoms with Crippen LogP contribution in [0.4, 0.5) is 0 Å². The number of aryl methyl sites for hydroxylation is 1.